The maximum absolute atomic E-state index is 13.0. The van der Waals surface area contributed by atoms with E-state index in [0.29, 0.717) is 6.54 Å². The van der Waals surface area contributed by atoms with Gasteiger partial charge in [0.05, 0.1) is 0 Å². The lowest BCUT2D eigenvalue weighted by Gasteiger charge is -2.34. The van der Waals surface area contributed by atoms with Crippen molar-refractivity contribution >= 4 is 5.96 Å². The molecule has 2 aromatic rings. The average Bonchev–Trinajstić information content (AvgIpc) is 2.66. The molecular formula is C20H24FN3O. The summed E-state index contributed by atoms with van der Waals surface area (Å²) in [5, 5.41) is 3.35. The number of guanidine groups is 1. The predicted octanol–water partition coefficient (Wildman–Crippen LogP) is 3.44. The highest BCUT2D eigenvalue weighted by atomic mass is 19.1. The van der Waals surface area contributed by atoms with Gasteiger partial charge in [-0.25, -0.2) is 4.39 Å². The largest absolute Gasteiger partial charge is 0.490 e. The summed E-state index contributed by atoms with van der Waals surface area (Å²) < 4.78 is 19.0. The van der Waals surface area contributed by atoms with Crippen LogP contribution in [-0.2, 0) is 6.54 Å². The van der Waals surface area contributed by atoms with E-state index in [1.54, 1.807) is 19.2 Å². The number of likely N-dealkylation sites (tertiary alicyclic amines) is 1. The molecule has 1 N–H and O–H groups in total. The van der Waals surface area contributed by atoms with Gasteiger partial charge in [0.2, 0.25) is 0 Å². The Morgan fingerprint density at radius 3 is 2.44 bits per heavy atom. The molecule has 4 nitrogen and oxygen atoms in total. The molecule has 2 aromatic carbocycles. The minimum atomic E-state index is -0.214. The van der Waals surface area contributed by atoms with Gasteiger partial charge in [-0.1, -0.05) is 30.3 Å². The van der Waals surface area contributed by atoms with Crippen molar-refractivity contribution in [1.29, 1.82) is 0 Å². The van der Waals surface area contributed by atoms with Gasteiger partial charge in [-0.3, -0.25) is 4.99 Å². The first-order chi connectivity index (χ1) is 12.2. The number of nitrogens with one attached hydrogen (secondary N) is 1. The lowest BCUT2D eigenvalue weighted by atomic mass is 10.1. The van der Waals surface area contributed by atoms with Crippen molar-refractivity contribution in [2.75, 3.05) is 20.1 Å². The van der Waals surface area contributed by atoms with Gasteiger partial charge in [-0.15, -0.1) is 0 Å². The molecule has 0 amide bonds. The number of halogens is 1. The molecular weight excluding hydrogens is 317 g/mol. The maximum Gasteiger partial charge on any atom is 0.193 e. The second-order valence-corrected chi connectivity index (χ2v) is 6.14. The minimum absolute atomic E-state index is 0.214. The van der Waals surface area contributed by atoms with Gasteiger partial charge >= 0.3 is 0 Å². The summed E-state index contributed by atoms with van der Waals surface area (Å²) in [6.07, 6.45) is 2.17. The Morgan fingerprint density at radius 1 is 1.12 bits per heavy atom. The zero-order chi connectivity index (χ0) is 17.5. The SMILES string of the molecule is CN=C(NCc1ccc(F)cc1)N1CCC(Oc2ccccc2)CC1. The van der Waals surface area contributed by atoms with Gasteiger partial charge in [0, 0.05) is 39.5 Å². The molecule has 25 heavy (non-hydrogen) atoms. The first-order valence-corrected chi connectivity index (χ1v) is 8.66. The van der Waals surface area contributed by atoms with E-state index in [9.17, 15) is 4.39 Å². The van der Waals surface area contributed by atoms with Crippen molar-refractivity contribution in [2.45, 2.75) is 25.5 Å². The third-order valence-electron chi connectivity index (χ3n) is 4.36. The molecule has 1 fully saturated rings. The van der Waals surface area contributed by atoms with Crippen molar-refractivity contribution in [3.05, 3.63) is 66.0 Å². The fraction of sp³-hybridized carbons (Fsp3) is 0.350. The number of rotatable bonds is 4. The highest BCUT2D eigenvalue weighted by Crippen LogP contribution is 2.18. The lowest BCUT2D eigenvalue weighted by Crippen LogP contribution is -2.47. The molecule has 0 bridgehead atoms. The van der Waals surface area contributed by atoms with Crippen molar-refractivity contribution in [2.24, 2.45) is 4.99 Å². The van der Waals surface area contributed by atoms with E-state index >= 15 is 0 Å². The van der Waals surface area contributed by atoms with E-state index in [4.69, 9.17) is 4.74 Å². The number of nitrogens with zero attached hydrogens (tertiary/aromatic N) is 2. The number of para-hydroxylation sites is 1. The van der Waals surface area contributed by atoms with Crippen LogP contribution < -0.4 is 10.1 Å². The lowest BCUT2D eigenvalue weighted by molar-refractivity contribution is 0.129. The monoisotopic (exact) mass is 341 g/mol. The van der Waals surface area contributed by atoms with Crippen LogP contribution in [0.1, 0.15) is 18.4 Å². The topological polar surface area (TPSA) is 36.9 Å². The Balaban J connectivity index is 1.48. The van der Waals surface area contributed by atoms with Crippen molar-refractivity contribution in [3.63, 3.8) is 0 Å². The summed E-state index contributed by atoms with van der Waals surface area (Å²) in [6, 6.07) is 16.5. The van der Waals surface area contributed by atoms with Crippen LogP contribution >= 0.6 is 0 Å². The number of piperidine rings is 1. The standard InChI is InChI=1S/C20H24FN3O/c1-22-20(23-15-16-7-9-17(21)10-8-16)24-13-11-19(12-14-24)25-18-5-3-2-4-6-18/h2-10,19H,11-15H2,1H3,(H,22,23). The van der Waals surface area contributed by atoms with Crippen LogP contribution in [0, 0.1) is 5.82 Å². The van der Waals surface area contributed by atoms with E-state index in [0.717, 1.165) is 43.2 Å². The fourth-order valence-corrected chi connectivity index (χ4v) is 2.99. The molecule has 0 aliphatic carbocycles. The average molecular weight is 341 g/mol. The van der Waals surface area contributed by atoms with Crippen LogP contribution in [-0.4, -0.2) is 37.1 Å². The third kappa shape index (κ3) is 4.95. The fourth-order valence-electron chi connectivity index (χ4n) is 2.99. The van der Waals surface area contributed by atoms with E-state index in [1.165, 1.54) is 12.1 Å². The zero-order valence-electron chi connectivity index (χ0n) is 14.5. The third-order valence-corrected chi connectivity index (χ3v) is 4.36. The first-order valence-electron chi connectivity index (χ1n) is 8.66. The molecule has 1 heterocycles. The second-order valence-electron chi connectivity index (χ2n) is 6.14. The van der Waals surface area contributed by atoms with Crippen LogP contribution in [0.25, 0.3) is 0 Å². The smallest absolute Gasteiger partial charge is 0.193 e. The number of hydrogen-bond donors (Lipinski definition) is 1. The van der Waals surface area contributed by atoms with Crippen molar-refractivity contribution < 1.29 is 9.13 Å². The first kappa shape index (κ1) is 17.3. The van der Waals surface area contributed by atoms with Crippen LogP contribution in [0.4, 0.5) is 4.39 Å². The normalized spacial score (nSPS) is 15.9. The Bertz CT molecular complexity index is 680. The van der Waals surface area contributed by atoms with Gasteiger partial charge in [0.25, 0.3) is 0 Å². The summed E-state index contributed by atoms with van der Waals surface area (Å²) in [5.74, 6) is 1.59. The van der Waals surface area contributed by atoms with Crippen LogP contribution in [0.2, 0.25) is 0 Å². The quantitative estimate of drug-likeness (QED) is 0.684. The molecule has 5 heteroatoms. The highest BCUT2D eigenvalue weighted by molar-refractivity contribution is 5.79. The van der Waals surface area contributed by atoms with E-state index in [1.807, 2.05) is 30.3 Å². The molecule has 0 unspecified atom stereocenters. The van der Waals surface area contributed by atoms with Gasteiger partial charge in [0.15, 0.2) is 5.96 Å². The Morgan fingerprint density at radius 2 is 1.80 bits per heavy atom. The van der Waals surface area contributed by atoms with E-state index in [-0.39, 0.29) is 11.9 Å². The summed E-state index contributed by atoms with van der Waals surface area (Å²) in [7, 11) is 1.79. The van der Waals surface area contributed by atoms with E-state index in [2.05, 4.69) is 15.2 Å². The summed E-state index contributed by atoms with van der Waals surface area (Å²) >= 11 is 0. The van der Waals surface area contributed by atoms with Crippen molar-refractivity contribution in [1.82, 2.24) is 10.2 Å². The van der Waals surface area contributed by atoms with Gasteiger partial charge < -0.3 is 15.0 Å². The maximum atomic E-state index is 13.0. The van der Waals surface area contributed by atoms with Crippen molar-refractivity contribution in [3.8, 4) is 5.75 Å². The van der Waals surface area contributed by atoms with E-state index < -0.39 is 0 Å². The minimum Gasteiger partial charge on any atom is -0.490 e. The second kappa shape index (κ2) is 8.51. The van der Waals surface area contributed by atoms with Gasteiger partial charge in [0.1, 0.15) is 17.7 Å². The summed E-state index contributed by atoms with van der Waals surface area (Å²) in [4.78, 5) is 6.61. The Hall–Kier alpha value is -2.56. The molecule has 1 aliphatic heterocycles. The number of hydrogen-bond acceptors (Lipinski definition) is 2. The van der Waals surface area contributed by atoms with Gasteiger partial charge in [-0.2, -0.15) is 0 Å². The Kier molecular flexibility index (Phi) is 5.88. The van der Waals surface area contributed by atoms with Gasteiger partial charge in [-0.05, 0) is 29.8 Å². The van der Waals surface area contributed by atoms with Crippen LogP contribution in [0.3, 0.4) is 0 Å². The molecule has 0 radical (unpaired) electrons. The molecule has 0 aromatic heterocycles. The summed E-state index contributed by atoms with van der Waals surface area (Å²) in [6.45, 7) is 2.44. The van der Waals surface area contributed by atoms with Crippen LogP contribution in [0.5, 0.6) is 5.75 Å². The number of ether oxygens (including phenoxy) is 1. The number of benzene rings is 2. The summed E-state index contributed by atoms with van der Waals surface area (Å²) in [5.41, 5.74) is 1.03. The molecule has 0 saturated carbocycles. The molecule has 0 spiro atoms. The molecule has 3 rings (SSSR count). The zero-order valence-corrected chi connectivity index (χ0v) is 14.5. The Labute approximate surface area is 148 Å². The number of aliphatic imine (C=N–C) groups is 1. The van der Waals surface area contributed by atoms with Crippen LogP contribution in [0.15, 0.2) is 59.6 Å². The molecule has 0 atom stereocenters. The molecule has 132 valence electrons. The molecule has 1 saturated heterocycles. The molecule has 1 aliphatic rings. The predicted molar refractivity (Wildman–Crippen MR) is 98.3 cm³/mol. The highest BCUT2D eigenvalue weighted by Gasteiger charge is 2.22.